The highest BCUT2D eigenvalue weighted by molar-refractivity contribution is 5.69. The van der Waals surface area contributed by atoms with Crippen LogP contribution in [-0.2, 0) is 14.3 Å². The first-order valence-electron chi connectivity index (χ1n) is 11.4. The summed E-state index contributed by atoms with van der Waals surface area (Å²) in [5, 5.41) is 28.9. The van der Waals surface area contributed by atoms with Crippen molar-refractivity contribution in [3.63, 3.8) is 0 Å². The number of aliphatic hydroxyl groups excluding tert-OH is 3. The van der Waals surface area contributed by atoms with Crippen LogP contribution >= 0.6 is 0 Å². The summed E-state index contributed by atoms with van der Waals surface area (Å²) in [5.41, 5.74) is 0. The van der Waals surface area contributed by atoms with Gasteiger partial charge < -0.3 is 24.8 Å². The predicted octanol–water partition coefficient (Wildman–Crippen LogP) is 3.49. The van der Waals surface area contributed by atoms with E-state index in [-0.39, 0.29) is 19.2 Å². The van der Waals surface area contributed by atoms with E-state index in [0.29, 0.717) is 6.42 Å². The molecule has 0 aromatic carbocycles. The Morgan fingerprint density at radius 2 is 1.43 bits per heavy atom. The van der Waals surface area contributed by atoms with Gasteiger partial charge in [0.1, 0.15) is 31.0 Å². The Morgan fingerprint density at radius 1 is 0.929 bits per heavy atom. The van der Waals surface area contributed by atoms with Crippen molar-refractivity contribution in [2.45, 2.75) is 121 Å². The SMILES string of the molecule is CCCCCCCCCCCCCCCC(=O)OC[C@@H](O)[C@H]1OC[C@@H](O)[C@@H]1O. The van der Waals surface area contributed by atoms with E-state index in [9.17, 15) is 20.1 Å². The van der Waals surface area contributed by atoms with Crippen LogP contribution in [0.3, 0.4) is 0 Å². The molecular weight excluding hydrogens is 360 g/mol. The molecule has 0 amide bonds. The second kappa shape index (κ2) is 16.1. The van der Waals surface area contributed by atoms with Crippen LogP contribution in [0, 0.1) is 0 Å². The van der Waals surface area contributed by atoms with Gasteiger partial charge in [-0.1, -0.05) is 84.0 Å². The van der Waals surface area contributed by atoms with Crippen LogP contribution in [0.1, 0.15) is 96.8 Å². The molecule has 4 atom stereocenters. The average molecular weight is 403 g/mol. The number of carbonyl (C=O) groups is 1. The topological polar surface area (TPSA) is 96.2 Å². The zero-order chi connectivity index (χ0) is 20.6. The highest BCUT2D eigenvalue weighted by atomic mass is 16.6. The highest BCUT2D eigenvalue weighted by Gasteiger charge is 2.39. The summed E-state index contributed by atoms with van der Waals surface area (Å²) in [6.45, 7) is 2.01. The lowest BCUT2D eigenvalue weighted by Gasteiger charge is -2.20. The van der Waals surface area contributed by atoms with Crippen LogP contribution < -0.4 is 0 Å². The van der Waals surface area contributed by atoms with Gasteiger partial charge in [0, 0.05) is 6.42 Å². The molecule has 28 heavy (non-hydrogen) atoms. The van der Waals surface area contributed by atoms with Gasteiger partial charge in [0.05, 0.1) is 6.61 Å². The molecule has 0 aromatic heterocycles. The van der Waals surface area contributed by atoms with E-state index in [2.05, 4.69) is 6.92 Å². The molecule has 1 fully saturated rings. The molecule has 166 valence electrons. The Bertz CT molecular complexity index is 389. The third-order valence-electron chi connectivity index (χ3n) is 5.47. The number of unbranched alkanes of at least 4 members (excludes halogenated alkanes) is 12. The molecule has 6 heteroatoms. The minimum atomic E-state index is -1.14. The van der Waals surface area contributed by atoms with Crippen molar-refractivity contribution in [1.29, 1.82) is 0 Å². The van der Waals surface area contributed by atoms with E-state index in [0.717, 1.165) is 19.3 Å². The highest BCUT2D eigenvalue weighted by Crippen LogP contribution is 2.18. The van der Waals surface area contributed by atoms with Gasteiger partial charge in [-0.05, 0) is 6.42 Å². The van der Waals surface area contributed by atoms with E-state index in [4.69, 9.17) is 9.47 Å². The molecule has 1 aliphatic rings. The van der Waals surface area contributed by atoms with Gasteiger partial charge in [-0.3, -0.25) is 4.79 Å². The summed E-state index contributed by atoms with van der Waals surface area (Å²) in [4.78, 5) is 11.7. The van der Waals surface area contributed by atoms with Crippen molar-refractivity contribution in [2.24, 2.45) is 0 Å². The van der Waals surface area contributed by atoms with Gasteiger partial charge in [0.25, 0.3) is 0 Å². The zero-order valence-electron chi connectivity index (χ0n) is 17.7. The Balaban J connectivity index is 1.86. The molecule has 3 N–H and O–H groups in total. The van der Waals surface area contributed by atoms with Crippen molar-refractivity contribution in [1.82, 2.24) is 0 Å². The van der Waals surface area contributed by atoms with Crippen molar-refractivity contribution in [3.05, 3.63) is 0 Å². The van der Waals surface area contributed by atoms with E-state index in [1.54, 1.807) is 0 Å². The first-order valence-corrected chi connectivity index (χ1v) is 11.4. The van der Waals surface area contributed by atoms with Crippen LogP contribution in [0.25, 0.3) is 0 Å². The van der Waals surface area contributed by atoms with Gasteiger partial charge in [0.2, 0.25) is 0 Å². The molecule has 0 radical (unpaired) electrons. The first-order chi connectivity index (χ1) is 13.6. The number of hydrogen-bond donors (Lipinski definition) is 3. The summed E-state index contributed by atoms with van der Waals surface area (Å²) in [6.07, 6.45) is 12.5. The predicted molar refractivity (Wildman–Crippen MR) is 109 cm³/mol. The van der Waals surface area contributed by atoms with Gasteiger partial charge in [0.15, 0.2) is 0 Å². The van der Waals surface area contributed by atoms with Crippen LogP contribution in [0.15, 0.2) is 0 Å². The first kappa shape index (κ1) is 25.3. The Labute approximate surface area is 170 Å². The molecule has 0 spiro atoms. The number of aliphatic hydroxyl groups is 3. The molecule has 0 aliphatic carbocycles. The number of carbonyl (C=O) groups excluding carboxylic acids is 1. The standard InChI is InChI=1S/C22H42O6/c1-2-3-4-5-6-7-8-9-10-11-12-13-14-15-20(25)27-17-19(24)22-21(26)18(23)16-28-22/h18-19,21-24,26H,2-17H2,1H3/t18-,19-,21+,22-/m1/s1. The van der Waals surface area contributed by atoms with Crippen LogP contribution in [0.5, 0.6) is 0 Å². The minimum absolute atomic E-state index is 0.0181. The lowest BCUT2D eigenvalue weighted by atomic mass is 10.0. The lowest BCUT2D eigenvalue weighted by Crippen LogP contribution is -2.41. The molecule has 1 rings (SSSR count). The van der Waals surface area contributed by atoms with E-state index in [1.807, 2.05) is 0 Å². The summed E-state index contributed by atoms with van der Waals surface area (Å²) in [7, 11) is 0. The summed E-state index contributed by atoms with van der Waals surface area (Å²) < 4.78 is 10.2. The monoisotopic (exact) mass is 402 g/mol. The lowest BCUT2D eigenvalue weighted by molar-refractivity contribution is -0.151. The molecule has 0 bridgehead atoms. The van der Waals surface area contributed by atoms with Gasteiger partial charge in [-0.15, -0.1) is 0 Å². The summed E-state index contributed by atoms with van der Waals surface area (Å²) >= 11 is 0. The van der Waals surface area contributed by atoms with Gasteiger partial charge >= 0.3 is 5.97 Å². The summed E-state index contributed by atoms with van der Waals surface area (Å²) in [6, 6.07) is 0. The Hall–Kier alpha value is -0.690. The molecule has 1 aliphatic heterocycles. The average Bonchev–Trinajstić information content (AvgIpc) is 3.02. The van der Waals surface area contributed by atoms with Crippen molar-refractivity contribution in [2.75, 3.05) is 13.2 Å². The Kier molecular flexibility index (Phi) is 14.6. The largest absolute Gasteiger partial charge is 0.463 e. The van der Waals surface area contributed by atoms with E-state index < -0.39 is 24.4 Å². The Morgan fingerprint density at radius 3 is 1.89 bits per heavy atom. The van der Waals surface area contributed by atoms with Crippen molar-refractivity contribution >= 4 is 5.97 Å². The molecule has 1 saturated heterocycles. The molecular formula is C22H42O6. The molecule has 1 heterocycles. The maximum Gasteiger partial charge on any atom is 0.305 e. The quantitative estimate of drug-likeness (QED) is 0.255. The van der Waals surface area contributed by atoms with Crippen molar-refractivity contribution in [3.8, 4) is 0 Å². The molecule has 0 aromatic rings. The molecule has 6 nitrogen and oxygen atoms in total. The van der Waals surface area contributed by atoms with Crippen LogP contribution in [-0.4, -0.2) is 58.9 Å². The number of hydrogen-bond acceptors (Lipinski definition) is 6. The third-order valence-corrected chi connectivity index (χ3v) is 5.47. The fraction of sp³-hybridized carbons (Fsp3) is 0.955. The number of esters is 1. The second-order valence-electron chi connectivity index (χ2n) is 8.10. The maximum atomic E-state index is 11.7. The van der Waals surface area contributed by atoms with Crippen LogP contribution in [0.2, 0.25) is 0 Å². The fourth-order valence-electron chi connectivity index (χ4n) is 3.60. The zero-order valence-corrected chi connectivity index (χ0v) is 17.7. The smallest absolute Gasteiger partial charge is 0.305 e. The minimum Gasteiger partial charge on any atom is -0.463 e. The molecule has 0 saturated carbocycles. The maximum absolute atomic E-state index is 11.7. The number of rotatable bonds is 17. The molecule has 0 unspecified atom stereocenters. The van der Waals surface area contributed by atoms with E-state index in [1.165, 1.54) is 64.2 Å². The third kappa shape index (κ3) is 11.3. The van der Waals surface area contributed by atoms with Crippen LogP contribution in [0.4, 0.5) is 0 Å². The van der Waals surface area contributed by atoms with Gasteiger partial charge in [-0.2, -0.15) is 0 Å². The van der Waals surface area contributed by atoms with Gasteiger partial charge in [-0.25, -0.2) is 0 Å². The normalized spacial score (nSPS) is 23.1. The summed E-state index contributed by atoms with van der Waals surface area (Å²) in [5.74, 6) is -0.338. The second-order valence-corrected chi connectivity index (χ2v) is 8.10. The number of ether oxygens (including phenoxy) is 2. The van der Waals surface area contributed by atoms with E-state index >= 15 is 0 Å². The fourth-order valence-corrected chi connectivity index (χ4v) is 3.60. The van der Waals surface area contributed by atoms with Crippen molar-refractivity contribution < 1.29 is 29.6 Å².